The van der Waals surface area contributed by atoms with Gasteiger partial charge in [0.1, 0.15) is 16.9 Å². The van der Waals surface area contributed by atoms with Crippen LogP contribution in [0.4, 0.5) is 4.39 Å². The van der Waals surface area contributed by atoms with Crippen LogP contribution in [-0.4, -0.2) is 14.8 Å². The van der Waals surface area contributed by atoms with Crippen molar-refractivity contribution in [2.24, 2.45) is 0 Å². The third kappa shape index (κ3) is 2.46. The van der Waals surface area contributed by atoms with Crippen molar-refractivity contribution in [2.75, 3.05) is 0 Å². The molecule has 0 saturated heterocycles. The van der Waals surface area contributed by atoms with E-state index >= 15 is 0 Å². The summed E-state index contributed by atoms with van der Waals surface area (Å²) in [4.78, 5) is 28.6. The number of pyridine rings is 1. The van der Waals surface area contributed by atoms with Crippen molar-refractivity contribution in [3.63, 3.8) is 0 Å². The summed E-state index contributed by atoms with van der Waals surface area (Å²) in [5.74, 6) is -0.401. The van der Waals surface area contributed by atoms with E-state index < -0.39 is 11.4 Å². The van der Waals surface area contributed by atoms with Crippen LogP contribution in [0.5, 0.6) is 0 Å². The predicted octanol–water partition coefficient (Wildman–Crippen LogP) is 3.97. The fourth-order valence-electron chi connectivity index (χ4n) is 3.51. The summed E-state index contributed by atoms with van der Waals surface area (Å²) < 4.78 is 14.4. The normalized spacial score (nSPS) is 11.3. The van der Waals surface area contributed by atoms with Gasteiger partial charge < -0.3 is 4.98 Å². The SMILES string of the molecule is O=c1cc(-c2cccc3ccccc23)[nH]c2[nH]n(-c3ccc(F)cc3)c(=O)c12. The average Bonchev–Trinajstić information content (AvgIpc) is 3.05. The number of H-pyrrole nitrogens is 2. The Morgan fingerprint density at radius 2 is 1.61 bits per heavy atom. The van der Waals surface area contributed by atoms with E-state index in [1.807, 2.05) is 42.5 Å². The Kier molecular flexibility index (Phi) is 3.52. The average molecular weight is 371 g/mol. The molecule has 0 bridgehead atoms. The highest BCUT2D eigenvalue weighted by molar-refractivity contribution is 5.96. The largest absolute Gasteiger partial charge is 0.339 e. The molecule has 0 unspecified atom stereocenters. The van der Waals surface area contributed by atoms with Gasteiger partial charge in [-0.1, -0.05) is 42.5 Å². The van der Waals surface area contributed by atoms with Gasteiger partial charge in [0.25, 0.3) is 5.56 Å². The number of hydrogen-bond donors (Lipinski definition) is 2. The lowest BCUT2D eigenvalue weighted by molar-refractivity contribution is 0.627. The smallest absolute Gasteiger partial charge is 0.284 e. The van der Waals surface area contributed by atoms with Gasteiger partial charge in [0.15, 0.2) is 5.43 Å². The van der Waals surface area contributed by atoms with Gasteiger partial charge in [0, 0.05) is 11.6 Å². The topological polar surface area (TPSA) is 70.7 Å². The minimum absolute atomic E-state index is 0.0355. The summed E-state index contributed by atoms with van der Waals surface area (Å²) in [6.07, 6.45) is 0. The first kappa shape index (κ1) is 16.3. The zero-order valence-corrected chi connectivity index (χ0v) is 14.6. The van der Waals surface area contributed by atoms with Crippen LogP contribution in [0.15, 0.2) is 82.4 Å². The van der Waals surface area contributed by atoms with Crippen LogP contribution in [0.25, 0.3) is 38.8 Å². The minimum Gasteiger partial charge on any atom is -0.339 e. The van der Waals surface area contributed by atoms with Crippen LogP contribution in [0, 0.1) is 5.82 Å². The van der Waals surface area contributed by atoms with E-state index in [2.05, 4.69) is 10.1 Å². The Labute approximate surface area is 157 Å². The summed E-state index contributed by atoms with van der Waals surface area (Å²) in [5, 5.41) is 5.01. The molecular formula is C22H14FN3O2. The molecule has 0 atom stereocenters. The van der Waals surface area contributed by atoms with Crippen molar-refractivity contribution in [1.29, 1.82) is 0 Å². The number of aromatic nitrogens is 3. The third-order valence-electron chi connectivity index (χ3n) is 4.84. The summed E-state index contributed by atoms with van der Waals surface area (Å²) in [5.41, 5.74) is 1.40. The number of hydrogen-bond acceptors (Lipinski definition) is 2. The Morgan fingerprint density at radius 1 is 0.857 bits per heavy atom. The molecule has 6 heteroatoms. The van der Waals surface area contributed by atoms with Gasteiger partial charge in [-0.05, 0) is 35.0 Å². The molecule has 0 spiro atoms. The molecule has 3 aromatic carbocycles. The highest BCUT2D eigenvalue weighted by atomic mass is 19.1. The molecule has 2 aromatic heterocycles. The lowest BCUT2D eigenvalue weighted by Gasteiger charge is -2.06. The Hall–Kier alpha value is -3.93. The van der Waals surface area contributed by atoms with Crippen molar-refractivity contribution < 1.29 is 4.39 Å². The monoisotopic (exact) mass is 371 g/mol. The molecular weight excluding hydrogens is 357 g/mol. The number of nitrogens with zero attached hydrogens (tertiary/aromatic N) is 1. The molecule has 0 aliphatic carbocycles. The van der Waals surface area contributed by atoms with Crippen LogP contribution in [0.1, 0.15) is 0 Å². The van der Waals surface area contributed by atoms with Crippen LogP contribution in [0.2, 0.25) is 0 Å². The lowest BCUT2D eigenvalue weighted by Crippen LogP contribution is -2.18. The first-order valence-corrected chi connectivity index (χ1v) is 8.74. The molecule has 0 saturated carbocycles. The van der Waals surface area contributed by atoms with E-state index in [-0.39, 0.29) is 10.8 Å². The molecule has 5 rings (SSSR count). The molecule has 0 amide bonds. The van der Waals surface area contributed by atoms with Gasteiger partial charge in [0.05, 0.1) is 11.4 Å². The van der Waals surface area contributed by atoms with E-state index in [1.54, 1.807) is 0 Å². The fraction of sp³-hybridized carbons (Fsp3) is 0. The number of rotatable bonds is 2. The molecule has 0 fully saturated rings. The maximum Gasteiger partial charge on any atom is 0.284 e. The van der Waals surface area contributed by atoms with Crippen molar-refractivity contribution in [2.45, 2.75) is 0 Å². The van der Waals surface area contributed by atoms with Crippen molar-refractivity contribution >= 4 is 21.8 Å². The van der Waals surface area contributed by atoms with E-state index in [4.69, 9.17) is 0 Å². The summed E-state index contributed by atoms with van der Waals surface area (Å²) in [7, 11) is 0. The molecule has 5 aromatic rings. The zero-order chi connectivity index (χ0) is 19.3. The second-order valence-electron chi connectivity index (χ2n) is 6.55. The maximum absolute atomic E-state index is 13.2. The molecule has 2 heterocycles. The molecule has 2 N–H and O–H groups in total. The van der Waals surface area contributed by atoms with Crippen LogP contribution >= 0.6 is 0 Å². The quantitative estimate of drug-likeness (QED) is 0.493. The number of nitrogens with one attached hydrogen (secondary N) is 2. The Bertz CT molecular complexity index is 1450. The second kappa shape index (κ2) is 6.06. The van der Waals surface area contributed by atoms with Gasteiger partial charge in [-0.25, -0.2) is 9.07 Å². The molecule has 136 valence electrons. The first-order valence-electron chi connectivity index (χ1n) is 8.74. The van der Waals surface area contributed by atoms with Crippen molar-refractivity contribution in [3.05, 3.63) is 99.2 Å². The predicted molar refractivity (Wildman–Crippen MR) is 107 cm³/mol. The first-order chi connectivity index (χ1) is 13.6. The van der Waals surface area contributed by atoms with Gasteiger partial charge in [-0.15, -0.1) is 0 Å². The van der Waals surface area contributed by atoms with Crippen LogP contribution in [-0.2, 0) is 0 Å². The standard InChI is InChI=1S/C22H14FN3O2/c23-14-8-10-15(11-9-14)26-22(28)20-19(27)12-18(24-21(20)25-26)17-7-3-5-13-4-1-2-6-16(13)17/h1-12H,(H2,24,25,27). The van der Waals surface area contributed by atoms with Gasteiger partial charge in [-0.2, -0.15) is 0 Å². The highest BCUT2D eigenvalue weighted by Gasteiger charge is 2.15. The van der Waals surface area contributed by atoms with Crippen LogP contribution in [0.3, 0.4) is 0 Å². The van der Waals surface area contributed by atoms with Gasteiger partial charge >= 0.3 is 0 Å². The van der Waals surface area contributed by atoms with E-state index in [1.165, 1.54) is 35.0 Å². The lowest BCUT2D eigenvalue weighted by atomic mass is 10.0. The van der Waals surface area contributed by atoms with E-state index in [9.17, 15) is 14.0 Å². The minimum atomic E-state index is -0.479. The zero-order valence-electron chi connectivity index (χ0n) is 14.6. The molecule has 0 aliphatic rings. The Morgan fingerprint density at radius 3 is 2.43 bits per heavy atom. The van der Waals surface area contributed by atoms with Gasteiger partial charge in [0.2, 0.25) is 0 Å². The van der Waals surface area contributed by atoms with E-state index in [0.29, 0.717) is 17.0 Å². The number of aromatic amines is 2. The molecule has 0 radical (unpaired) electrons. The molecule has 0 aliphatic heterocycles. The van der Waals surface area contributed by atoms with Gasteiger partial charge in [-0.3, -0.25) is 14.7 Å². The summed E-state index contributed by atoms with van der Waals surface area (Å²) in [6, 6.07) is 20.6. The number of benzene rings is 3. The highest BCUT2D eigenvalue weighted by Crippen LogP contribution is 2.27. The van der Waals surface area contributed by atoms with E-state index in [0.717, 1.165) is 16.3 Å². The van der Waals surface area contributed by atoms with Crippen molar-refractivity contribution in [1.82, 2.24) is 14.8 Å². The molecule has 28 heavy (non-hydrogen) atoms. The Balaban J connectivity index is 1.76. The van der Waals surface area contributed by atoms with Crippen molar-refractivity contribution in [3.8, 4) is 16.9 Å². The maximum atomic E-state index is 13.2. The number of halogens is 1. The van der Waals surface area contributed by atoms with Crippen LogP contribution < -0.4 is 11.0 Å². The number of fused-ring (bicyclic) bond motifs is 2. The summed E-state index contributed by atoms with van der Waals surface area (Å²) in [6.45, 7) is 0. The summed E-state index contributed by atoms with van der Waals surface area (Å²) >= 11 is 0. The third-order valence-corrected chi connectivity index (χ3v) is 4.84. The molecule has 5 nitrogen and oxygen atoms in total. The second-order valence-corrected chi connectivity index (χ2v) is 6.55. The fourth-order valence-corrected chi connectivity index (χ4v) is 3.51.